The van der Waals surface area contributed by atoms with E-state index < -0.39 is 6.04 Å². The van der Waals surface area contributed by atoms with Crippen LogP contribution < -0.4 is 15.8 Å². The molecule has 0 aliphatic heterocycles. The lowest BCUT2D eigenvalue weighted by Gasteiger charge is -2.18. The van der Waals surface area contributed by atoms with Crippen LogP contribution in [0.15, 0.2) is 18.2 Å². The molecule has 0 saturated carbocycles. The number of nitrogens with one attached hydrogen (secondary N) is 1. The molecular weight excluding hydrogens is 252 g/mol. The zero-order valence-electron chi connectivity index (χ0n) is 12.9. The average Bonchev–Trinajstić information content (AvgIpc) is 2.45. The molecule has 0 aromatic heterocycles. The molecule has 1 aromatic rings. The first-order chi connectivity index (χ1) is 9.49. The van der Waals surface area contributed by atoms with Crippen LogP contribution in [-0.4, -0.2) is 25.6 Å². The highest BCUT2D eigenvalue weighted by atomic mass is 16.5. The van der Waals surface area contributed by atoms with Gasteiger partial charge in [0.1, 0.15) is 5.75 Å². The Morgan fingerprint density at radius 1 is 1.45 bits per heavy atom. The van der Waals surface area contributed by atoms with Crippen LogP contribution >= 0.6 is 0 Å². The molecule has 2 unspecified atom stereocenters. The van der Waals surface area contributed by atoms with E-state index in [2.05, 4.69) is 11.4 Å². The maximum Gasteiger partial charge on any atom is 0.237 e. The van der Waals surface area contributed by atoms with Gasteiger partial charge in [0.25, 0.3) is 0 Å². The molecule has 0 heterocycles. The van der Waals surface area contributed by atoms with Gasteiger partial charge in [0.2, 0.25) is 5.91 Å². The van der Waals surface area contributed by atoms with E-state index in [4.69, 9.17) is 10.5 Å². The van der Waals surface area contributed by atoms with Crippen LogP contribution in [0.3, 0.4) is 0 Å². The summed E-state index contributed by atoms with van der Waals surface area (Å²) in [6.45, 7) is 6.65. The number of methoxy groups -OCH3 is 1. The van der Waals surface area contributed by atoms with Crippen molar-refractivity contribution in [3.05, 3.63) is 29.3 Å². The first-order valence-corrected chi connectivity index (χ1v) is 7.16. The fourth-order valence-electron chi connectivity index (χ4n) is 2.05. The normalized spacial score (nSPS) is 13.7. The Bertz CT molecular complexity index is 446. The minimum atomic E-state index is -0.431. The third-order valence-corrected chi connectivity index (χ3v) is 3.69. The van der Waals surface area contributed by atoms with Gasteiger partial charge in [-0.3, -0.25) is 4.79 Å². The van der Waals surface area contributed by atoms with Crippen molar-refractivity contribution in [3.8, 4) is 5.75 Å². The number of amides is 1. The topological polar surface area (TPSA) is 64.4 Å². The molecule has 20 heavy (non-hydrogen) atoms. The van der Waals surface area contributed by atoms with Crippen molar-refractivity contribution in [2.24, 2.45) is 11.7 Å². The number of carbonyl (C=O) groups excluding carboxylic acids is 1. The molecule has 0 saturated heterocycles. The molecule has 2 atom stereocenters. The predicted octanol–water partition coefficient (Wildman–Crippen LogP) is 2.04. The van der Waals surface area contributed by atoms with Crippen molar-refractivity contribution in [3.63, 3.8) is 0 Å². The van der Waals surface area contributed by atoms with E-state index in [1.807, 2.05) is 32.9 Å². The standard InChI is InChI=1S/C16H26N2O2/c1-5-12(3)15(17)16(19)18-9-8-13-10-11(2)6-7-14(13)20-4/h6-7,10,12,15H,5,8-9,17H2,1-4H3,(H,18,19). The number of benzene rings is 1. The molecule has 3 N–H and O–H groups in total. The molecule has 0 bridgehead atoms. The third-order valence-electron chi connectivity index (χ3n) is 3.69. The van der Waals surface area contributed by atoms with E-state index >= 15 is 0 Å². The van der Waals surface area contributed by atoms with Gasteiger partial charge in [0.05, 0.1) is 13.2 Å². The Labute approximate surface area is 121 Å². The molecule has 112 valence electrons. The van der Waals surface area contributed by atoms with E-state index in [0.29, 0.717) is 6.54 Å². The van der Waals surface area contributed by atoms with Crippen molar-refractivity contribution < 1.29 is 9.53 Å². The fourth-order valence-corrected chi connectivity index (χ4v) is 2.05. The molecule has 4 heteroatoms. The van der Waals surface area contributed by atoms with Crippen molar-refractivity contribution in [1.29, 1.82) is 0 Å². The Hall–Kier alpha value is -1.55. The Morgan fingerprint density at radius 2 is 2.15 bits per heavy atom. The largest absolute Gasteiger partial charge is 0.496 e. The first kappa shape index (κ1) is 16.5. The second kappa shape index (κ2) is 7.90. The lowest BCUT2D eigenvalue weighted by molar-refractivity contribution is -0.123. The van der Waals surface area contributed by atoms with Gasteiger partial charge in [-0.05, 0) is 30.9 Å². The molecule has 0 fully saturated rings. The predicted molar refractivity (Wildman–Crippen MR) is 81.9 cm³/mol. The average molecular weight is 278 g/mol. The lowest BCUT2D eigenvalue weighted by Crippen LogP contribution is -2.45. The van der Waals surface area contributed by atoms with Crippen LogP contribution in [0.1, 0.15) is 31.4 Å². The van der Waals surface area contributed by atoms with Crippen LogP contribution in [0, 0.1) is 12.8 Å². The summed E-state index contributed by atoms with van der Waals surface area (Å²) < 4.78 is 5.32. The molecule has 0 aliphatic rings. The lowest BCUT2D eigenvalue weighted by atomic mass is 9.99. The Balaban J connectivity index is 2.52. The van der Waals surface area contributed by atoms with Gasteiger partial charge in [-0.15, -0.1) is 0 Å². The highest BCUT2D eigenvalue weighted by molar-refractivity contribution is 5.81. The van der Waals surface area contributed by atoms with E-state index in [1.165, 1.54) is 5.56 Å². The van der Waals surface area contributed by atoms with Crippen LogP contribution in [-0.2, 0) is 11.2 Å². The first-order valence-electron chi connectivity index (χ1n) is 7.16. The maximum atomic E-state index is 11.9. The summed E-state index contributed by atoms with van der Waals surface area (Å²) in [7, 11) is 1.66. The third kappa shape index (κ3) is 4.53. The van der Waals surface area contributed by atoms with Crippen molar-refractivity contribution in [2.45, 2.75) is 39.7 Å². The molecular formula is C16H26N2O2. The van der Waals surface area contributed by atoms with Crippen LogP contribution in [0.2, 0.25) is 0 Å². The summed E-state index contributed by atoms with van der Waals surface area (Å²) in [5, 5.41) is 2.90. The second-order valence-electron chi connectivity index (χ2n) is 5.27. The van der Waals surface area contributed by atoms with Gasteiger partial charge in [-0.2, -0.15) is 0 Å². The van der Waals surface area contributed by atoms with E-state index in [0.717, 1.165) is 24.2 Å². The van der Waals surface area contributed by atoms with Gasteiger partial charge in [0, 0.05) is 6.54 Å². The highest BCUT2D eigenvalue weighted by Crippen LogP contribution is 2.19. The maximum absolute atomic E-state index is 11.9. The Kier molecular flexibility index (Phi) is 6.52. The van der Waals surface area contributed by atoms with Gasteiger partial charge in [-0.25, -0.2) is 0 Å². The van der Waals surface area contributed by atoms with E-state index in [-0.39, 0.29) is 11.8 Å². The number of aryl methyl sites for hydroxylation is 1. The molecule has 4 nitrogen and oxygen atoms in total. The molecule has 1 amide bonds. The van der Waals surface area contributed by atoms with Crippen LogP contribution in [0.4, 0.5) is 0 Å². The van der Waals surface area contributed by atoms with Crippen LogP contribution in [0.25, 0.3) is 0 Å². The molecule has 0 spiro atoms. The Morgan fingerprint density at radius 3 is 2.75 bits per heavy atom. The highest BCUT2D eigenvalue weighted by Gasteiger charge is 2.18. The summed E-state index contributed by atoms with van der Waals surface area (Å²) in [5.74, 6) is 0.977. The zero-order valence-corrected chi connectivity index (χ0v) is 12.9. The summed E-state index contributed by atoms with van der Waals surface area (Å²) in [4.78, 5) is 11.9. The van der Waals surface area contributed by atoms with Crippen molar-refractivity contribution in [1.82, 2.24) is 5.32 Å². The summed E-state index contributed by atoms with van der Waals surface area (Å²) >= 11 is 0. The molecule has 1 rings (SSSR count). The van der Waals surface area contributed by atoms with Gasteiger partial charge in [0.15, 0.2) is 0 Å². The fraction of sp³-hybridized carbons (Fsp3) is 0.562. The van der Waals surface area contributed by atoms with Gasteiger partial charge < -0.3 is 15.8 Å². The number of hydrogen-bond acceptors (Lipinski definition) is 3. The molecule has 0 aliphatic carbocycles. The minimum absolute atomic E-state index is 0.0778. The number of carbonyl (C=O) groups is 1. The summed E-state index contributed by atoms with van der Waals surface area (Å²) in [6, 6.07) is 5.62. The SMILES string of the molecule is CCC(C)C(N)C(=O)NCCc1cc(C)ccc1OC. The molecule has 0 radical (unpaired) electrons. The van der Waals surface area contributed by atoms with Crippen LogP contribution in [0.5, 0.6) is 5.75 Å². The smallest absolute Gasteiger partial charge is 0.237 e. The summed E-state index contributed by atoms with van der Waals surface area (Å²) in [5.41, 5.74) is 8.18. The van der Waals surface area contributed by atoms with Crippen molar-refractivity contribution in [2.75, 3.05) is 13.7 Å². The van der Waals surface area contributed by atoms with E-state index in [9.17, 15) is 4.79 Å². The monoisotopic (exact) mass is 278 g/mol. The minimum Gasteiger partial charge on any atom is -0.496 e. The number of nitrogens with two attached hydrogens (primary N) is 1. The van der Waals surface area contributed by atoms with Gasteiger partial charge >= 0.3 is 0 Å². The quantitative estimate of drug-likeness (QED) is 0.802. The van der Waals surface area contributed by atoms with E-state index in [1.54, 1.807) is 7.11 Å². The van der Waals surface area contributed by atoms with Gasteiger partial charge in [-0.1, -0.05) is 38.0 Å². The summed E-state index contributed by atoms with van der Waals surface area (Å²) in [6.07, 6.45) is 1.64. The second-order valence-corrected chi connectivity index (χ2v) is 5.27. The number of rotatable bonds is 7. The number of hydrogen-bond donors (Lipinski definition) is 2. The zero-order chi connectivity index (χ0) is 15.1. The van der Waals surface area contributed by atoms with Crippen molar-refractivity contribution >= 4 is 5.91 Å². The number of ether oxygens (including phenoxy) is 1. The molecule has 1 aromatic carbocycles.